The minimum atomic E-state index is -0.815. The van der Waals surface area contributed by atoms with E-state index < -0.39 is 5.79 Å². The first-order chi connectivity index (χ1) is 8.33. The Morgan fingerprint density at radius 3 is 2.47 bits per heavy atom. The van der Waals surface area contributed by atoms with Crippen LogP contribution in [-0.4, -0.2) is 24.9 Å². The molecule has 3 heteroatoms. The maximum Gasteiger partial charge on any atom is 0.200 e. The highest BCUT2D eigenvalue weighted by Crippen LogP contribution is 2.40. The summed E-state index contributed by atoms with van der Waals surface area (Å²) in [7, 11) is 0. The zero-order valence-corrected chi connectivity index (χ0v) is 9.84. The molecule has 0 radical (unpaired) electrons. The van der Waals surface area contributed by atoms with Crippen molar-refractivity contribution in [2.75, 3.05) is 19.8 Å². The largest absolute Gasteiger partial charge is 0.396 e. The number of aliphatic hydroxyl groups is 1. The van der Waals surface area contributed by atoms with Gasteiger partial charge in [-0.1, -0.05) is 36.4 Å². The average molecular weight is 234 g/mol. The molecule has 2 rings (SSSR count). The van der Waals surface area contributed by atoms with Gasteiger partial charge in [0.2, 0.25) is 0 Å². The number of hydrogen-bond acceptors (Lipinski definition) is 3. The molecule has 17 heavy (non-hydrogen) atoms. The molecule has 0 aromatic heterocycles. The van der Waals surface area contributed by atoms with Crippen molar-refractivity contribution in [3.63, 3.8) is 0 Å². The predicted octanol–water partition coefficient (Wildman–Crippen LogP) is 2.07. The highest BCUT2D eigenvalue weighted by Gasteiger charge is 2.45. The lowest BCUT2D eigenvalue weighted by Gasteiger charge is -2.34. The van der Waals surface area contributed by atoms with Gasteiger partial charge in [0.1, 0.15) is 0 Å². The molecule has 0 aliphatic carbocycles. The van der Waals surface area contributed by atoms with E-state index in [4.69, 9.17) is 9.47 Å². The van der Waals surface area contributed by atoms with Crippen molar-refractivity contribution in [1.82, 2.24) is 0 Å². The van der Waals surface area contributed by atoms with Crippen LogP contribution in [-0.2, 0) is 15.3 Å². The quantitative estimate of drug-likeness (QED) is 0.793. The third kappa shape index (κ3) is 2.27. The van der Waals surface area contributed by atoms with Gasteiger partial charge in [0.15, 0.2) is 5.79 Å². The second-order valence-electron chi connectivity index (χ2n) is 4.13. The van der Waals surface area contributed by atoms with E-state index in [1.165, 1.54) is 0 Å². The zero-order chi connectivity index (χ0) is 12.1. The number of rotatable bonds is 5. The molecule has 1 saturated heterocycles. The molecule has 1 unspecified atom stereocenters. The minimum absolute atomic E-state index is 0.0148. The fraction of sp³-hybridized carbons (Fsp3) is 0.429. The van der Waals surface area contributed by atoms with Crippen molar-refractivity contribution in [3.8, 4) is 0 Å². The van der Waals surface area contributed by atoms with Crippen molar-refractivity contribution >= 4 is 0 Å². The molecule has 3 nitrogen and oxygen atoms in total. The molecule has 1 heterocycles. The SMILES string of the molecule is C=CCC(CO)C1(c2ccccc2)OCCO1. The summed E-state index contributed by atoms with van der Waals surface area (Å²) in [6, 6.07) is 9.79. The monoisotopic (exact) mass is 234 g/mol. The van der Waals surface area contributed by atoms with Crippen LogP contribution in [0.5, 0.6) is 0 Å². The molecule has 1 fully saturated rings. The highest BCUT2D eigenvalue weighted by molar-refractivity contribution is 5.22. The van der Waals surface area contributed by atoms with E-state index in [-0.39, 0.29) is 12.5 Å². The van der Waals surface area contributed by atoms with Crippen molar-refractivity contribution in [3.05, 3.63) is 48.6 Å². The second kappa shape index (κ2) is 5.45. The average Bonchev–Trinajstić information content (AvgIpc) is 2.87. The third-order valence-corrected chi connectivity index (χ3v) is 3.10. The normalized spacial score (nSPS) is 20.1. The minimum Gasteiger partial charge on any atom is -0.396 e. The van der Waals surface area contributed by atoms with Crippen LogP contribution in [0.4, 0.5) is 0 Å². The Bertz CT molecular complexity index is 355. The van der Waals surface area contributed by atoms with Crippen molar-refractivity contribution < 1.29 is 14.6 Å². The summed E-state index contributed by atoms with van der Waals surface area (Å²) in [5.41, 5.74) is 0.957. The molecule has 1 aliphatic rings. The lowest BCUT2D eigenvalue weighted by atomic mass is 9.89. The van der Waals surface area contributed by atoms with Gasteiger partial charge in [0.05, 0.1) is 19.8 Å². The van der Waals surface area contributed by atoms with Crippen LogP contribution in [0.25, 0.3) is 0 Å². The molecule has 1 atom stereocenters. The Hall–Kier alpha value is -1.16. The van der Waals surface area contributed by atoms with Gasteiger partial charge in [-0.2, -0.15) is 0 Å². The molecule has 0 spiro atoms. The molecule has 0 saturated carbocycles. The fourth-order valence-electron chi connectivity index (χ4n) is 2.29. The van der Waals surface area contributed by atoms with Gasteiger partial charge < -0.3 is 14.6 Å². The zero-order valence-electron chi connectivity index (χ0n) is 9.84. The summed E-state index contributed by atoms with van der Waals surface area (Å²) in [5, 5.41) is 9.54. The topological polar surface area (TPSA) is 38.7 Å². The van der Waals surface area contributed by atoms with Crippen LogP contribution in [0.3, 0.4) is 0 Å². The van der Waals surface area contributed by atoms with Gasteiger partial charge in [-0.25, -0.2) is 0 Å². The Labute approximate surface area is 102 Å². The van der Waals surface area contributed by atoms with Crippen LogP contribution >= 0.6 is 0 Å². The van der Waals surface area contributed by atoms with Crippen molar-refractivity contribution in [2.24, 2.45) is 5.92 Å². The number of hydrogen-bond donors (Lipinski definition) is 1. The van der Waals surface area contributed by atoms with E-state index in [0.29, 0.717) is 19.6 Å². The molecule has 0 bridgehead atoms. The van der Waals surface area contributed by atoms with E-state index in [1.54, 1.807) is 6.08 Å². The Kier molecular flexibility index (Phi) is 3.94. The van der Waals surface area contributed by atoms with Gasteiger partial charge in [0, 0.05) is 11.5 Å². The van der Waals surface area contributed by atoms with Crippen LogP contribution in [0.1, 0.15) is 12.0 Å². The van der Waals surface area contributed by atoms with Gasteiger partial charge in [0.25, 0.3) is 0 Å². The third-order valence-electron chi connectivity index (χ3n) is 3.10. The molecular formula is C14H18O3. The van der Waals surface area contributed by atoms with Crippen molar-refractivity contribution in [1.29, 1.82) is 0 Å². The van der Waals surface area contributed by atoms with Gasteiger partial charge in [-0.05, 0) is 6.42 Å². The van der Waals surface area contributed by atoms with Crippen LogP contribution in [0.2, 0.25) is 0 Å². The first kappa shape index (κ1) is 12.3. The number of aliphatic hydroxyl groups excluding tert-OH is 1. The predicted molar refractivity (Wildman–Crippen MR) is 65.4 cm³/mol. The molecule has 1 aromatic rings. The Morgan fingerprint density at radius 2 is 1.94 bits per heavy atom. The molecule has 1 aromatic carbocycles. The number of allylic oxidation sites excluding steroid dienone is 1. The highest BCUT2D eigenvalue weighted by atomic mass is 16.7. The first-order valence-corrected chi connectivity index (χ1v) is 5.88. The number of ether oxygens (including phenoxy) is 2. The smallest absolute Gasteiger partial charge is 0.200 e. The maximum atomic E-state index is 9.54. The molecule has 92 valence electrons. The lowest BCUT2D eigenvalue weighted by Crippen LogP contribution is -2.38. The van der Waals surface area contributed by atoms with E-state index in [9.17, 15) is 5.11 Å². The summed E-state index contributed by atoms with van der Waals surface area (Å²) < 4.78 is 11.6. The number of benzene rings is 1. The first-order valence-electron chi connectivity index (χ1n) is 5.88. The Balaban J connectivity index is 2.35. The van der Waals surface area contributed by atoms with Crippen molar-refractivity contribution in [2.45, 2.75) is 12.2 Å². The van der Waals surface area contributed by atoms with Gasteiger partial charge >= 0.3 is 0 Å². The fourth-order valence-corrected chi connectivity index (χ4v) is 2.29. The van der Waals surface area contributed by atoms with Crippen LogP contribution in [0, 0.1) is 5.92 Å². The van der Waals surface area contributed by atoms with Gasteiger partial charge in [-0.3, -0.25) is 0 Å². The van der Waals surface area contributed by atoms with E-state index in [0.717, 1.165) is 5.56 Å². The summed E-state index contributed by atoms with van der Waals surface area (Å²) in [4.78, 5) is 0. The molecule has 1 N–H and O–H groups in total. The van der Waals surface area contributed by atoms with E-state index in [1.807, 2.05) is 30.3 Å². The summed E-state index contributed by atoms with van der Waals surface area (Å²) in [6.07, 6.45) is 2.45. The van der Waals surface area contributed by atoms with E-state index in [2.05, 4.69) is 6.58 Å². The van der Waals surface area contributed by atoms with Gasteiger partial charge in [-0.15, -0.1) is 6.58 Å². The lowest BCUT2D eigenvalue weighted by molar-refractivity contribution is -0.212. The van der Waals surface area contributed by atoms with E-state index >= 15 is 0 Å². The summed E-state index contributed by atoms with van der Waals surface area (Å²) in [6.45, 7) is 4.85. The van der Waals surface area contributed by atoms with Crippen LogP contribution in [0.15, 0.2) is 43.0 Å². The molecule has 0 amide bonds. The van der Waals surface area contributed by atoms with Crippen LogP contribution < -0.4 is 0 Å². The maximum absolute atomic E-state index is 9.54. The molecule has 1 aliphatic heterocycles. The summed E-state index contributed by atoms with van der Waals surface area (Å²) in [5.74, 6) is -0.936. The Morgan fingerprint density at radius 1 is 1.29 bits per heavy atom. The second-order valence-corrected chi connectivity index (χ2v) is 4.13. The molecular weight excluding hydrogens is 216 g/mol. The summed E-state index contributed by atoms with van der Waals surface area (Å²) >= 11 is 0. The standard InChI is InChI=1S/C14H18O3/c1-2-6-13(11-15)14(16-9-10-17-14)12-7-4-3-5-8-12/h2-5,7-8,13,15H,1,6,9-11H2.